The van der Waals surface area contributed by atoms with E-state index in [1.807, 2.05) is 0 Å². The zero-order valence-corrected chi connectivity index (χ0v) is 16.8. The van der Waals surface area contributed by atoms with Gasteiger partial charge in [0.15, 0.2) is 6.10 Å². The fourth-order valence-corrected chi connectivity index (χ4v) is 2.73. The van der Waals surface area contributed by atoms with Gasteiger partial charge in [-0.1, -0.05) is 24.9 Å². The Labute approximate surface area is 168 Å². The smallest absolute Gasteiger partial charge is 0.331 e. The van der Waals surface area contributed by atoms with E-state index in [-0.39, 0.29) is 0 Å². The van der Waals surface area contributed by atoms with Crippen LogP contribution in [-0.4, -0.2) is 27.8 Å². The highest BCUT2D eigenvalue weighted by molar-refractivity contribution is 6.31. The quantitative estimate of drug-likeness (QED) is 0.521. The van der Waals surface area contributed by atoms with Gasteiger partial charge in [0.1, 0.15) is 11.0 Å². The van der Waals surface area contributed by atoms with Crippen LogP contribution in [0.15, 0.2) is 30.3 Å². The molecule has 2 aromatic rings. The first kappa shape index (κ1) is 21.6. The second-order valence-corrected chi connectivity index (χ2v) is 6.63. The molecule has 0 saturated heterocycles. The summed E-state index contributed by atoms with van der Waals surface area (Å²) in [5, 5.41) is 7.36. The van der Waals surface area contributed by atoms with E-state index in [0.717, 1.165) is 12.8 Å². The van der Waals surface area contributed by atoms with Crippen LogP contribution in [-0.2, 0) is 20.9 Å². The minimum Gasteiger partial charge on any atom is -0.449 e. The number of unbranched alkanes of at least 4 members (excludes halogenated alkanes) is 1. The molecule has 1 amide bonds. The van der Waals surface area contributed by atoms with Crippen LogP contribution in [0, 0.1) is 12.7 Å². The van der Waals surface area contributed by atoms with Gasteiger partial charge in [-0.2, -0.15) is 5.10 Å². The van der Waals surface area contributed by atoms with Gasteiger partial charge in [-0.05, 0) is 50.6 Å². The maximum atomic E-state index is 12.9. The van der Waals surface area contributed by atoms with Gasteiger partial charge in [-0.25, -0.2) is 9.18 Å². The van der Waals surface area contributed by atoms with Crippen LogP contribution >= 0.6 is 11.6 Å². The first-order chi connectivity index (χ1) is 13.3. The number of rotatable bonds is 8. The van der Waals surface area contributed by atoms with Crippen molar-refractivity contribution in [2.75, 3.05) is 5.32 Å². The summed E-state index contributed by atoms with van der Waals surface area (Å²) in [4.78, 5) is 24.1. The Kier molecular flexibility index (Phi) is 7.75. The third kappa shape index (κ3) is 5.92. The van der Waals surface area contributed by atoms with Crippen molar-refractivity contribution in [1.29, 1.82) is 0 Å². The predicted octanol–water partition coefficient (Wildman–Crippen LogP) is 4.37. The minimum absolute atomic E-state index is 0.408. The molecule has 0 aliphatic heterocycles. The number of halogens is 2. The van der Waals surface area contributed by atoms with Crippen LogP contribution in [0.3, 0.4) is 0 Å². The Balaban J connectivity index is 1.94. The van der Waals surface area contributed by atoms with E-state index in [0.29, 0.717) is 28.6 Å². The molecule has 1 N–H and O–H groups in total. The first-order valence-electron chi connectivity index (χ1n) is 8.99. The zero-order valence-electron chi connectivity index (χ0n) is 16.0. The van der Waals surface area contributed by atoms with Crippen molar-refractivity contribution in [3.8, 4) is 0 Å². The van der Waals surface area contributed by atoms with E-state index >= 15 is 0 Å². The summed E-state index contributed by atoms with van der Waals surface area (Å²) in [6, 6.07) is 5.29. The molecule has 0 aliphatic carbocycles. The van der Waals surface area contributed by atoms with Crippen molar-refractivity contribution >= 4 is 35.2 Å². The molecule has 1 aromatic heterocycles. The molecule has 1 atom stereocenters. The van der Waals surface area contributed by atoms with Crippen molar-refractivity contribution in [3.63, 3.8) is 0 Å². The molecule has 0 radical (unpaired) electrons. The standard InChI is InChI=1S/C20H23ClFN3O3/c1-4-5-12-25-19(21)17(13(2)24-25)10-11-18(26)28-14(3)20(27)23-16-8-6-15(22)7-9-16/h6-11,14H,4-5,12H2,1-3H3,(H,23,27)/b11-10+/t14-/m1/s1. The number of nitrogens with one attached hydrogen (secondary N) is 1. The third-order valence-corrected chi connectivity index (χ3v) is 4.39. The van der Waals surface area contributed by atoms with Gasteiger partial charge < -0.3 is 10.1 Å². The second kappa shape index (κ2) is 10.0. The molecule has 0 unspecified atom stereocenters. The van der Waals surface area contributed by atoms with E-state index in [4.69, 9.17) is 16.3 Å². The van der Waals surface area contributed by atoms with Crippen LogP contribution in [0.5, 0.6) is 0 Å². The lowest BCUT2D eigenvalue weighted by atomic mass is 10.2. The monoisotopic (exact) mass is 407 g/mol. The van der Waals surface area contributed by atoms with Crippen LogP contribution in [0.4, 0.5) is 10.1 Å². The molecule has 0 spiro atoms. The van der Waals surface area contributed by atoms with Crippen molar-refractivity contribution in [2.24, 2.45) is 0 Å². The summed E-state index contributed by atoms with van der Waals surface area (Å²) < 4.78 is 19.7. The molecule has 6 nitrogen and oxygen atoms in total. The molecular weight excluding hydrogens is 385 g/mol. The second-order valence-electron chi connectivity index (χ2n) is 6.28. The first-order valence-corrected chi connectivity index (χ1v) is 9.37. The van der Waals surface area contributed by atoms with Crippen molar-refractivity contribution < 1.29 is 18.7 Å². The summed E-state index contributed by atoms with van der Waals surface area (Å²) in [5.41, 5.74) is 1.75. The predicted molar refractivity (Wildman–Crippen MR) is 106 cm³/mol. The number of nitrogens with zero attached hydrogens (tertiary/aromatic N) is 2. The van der Waals surface area contributed by atoms with Crippen LogP contribution < -0.4 is 5.32 Å². The normalized spacial score (nSPS) is 12.2. The highest BCUT2D eigenvalue weighted by atomic mass is 35.5. The maximum absolute atomic E-state index is 12.9. The van der Waals surface area contributed by atoms with Crippen LogP contribution in [0.2, 0.25) is 5.15 Å². The Morgan fingerprint density at radius 3 is 2.68 bits per heavy atom. The van der Waals surface area contributed by atoms with Gasteiger partial charge in [-0.15, -0.1) is 0 Å². The summed E-state index contributed by atoms with van der Waals surface area (Å²) in [6.07, 6.45) is 3.69. The summed E-state index contributed by atoms with van der Waals surface area (Å²) >= 11 is 6.31. The van der Waals surface area contributed by atoms with Crippen molar-refractivity contribution in [2.45, 2.75) is 46.3 Å². The molecule has 0 fully saturated rings. The number of ether oxygens (including phenoxy) is 1. The summed E-state index contributed by atoms with van der Waals surface area (Å²) in [6.45, 7) is 6.03. The van der Waals surface area contributed by atoms with E-state index in [1.54, 1.807) is 11.6 Å². The highest BCUT2D eigenvalue weighted by Crippen LogP contribution is 2.22. The van der Waals surface area contributed by atoms with Gasteiger partial charge in [0.2, 0.25) is 0 Å². The van der Waals surface area contributed by atoms with Gasteiger partial charge in [0, 0.05) is 23.9 Å². The summed E-state index contributed by atoms with van der Waals surface area (Å²) in [7, 11) is 0. The number of carbonyl (C=O) groups is 2. The number of aromatic nitrogens is 2. The molecule has 150 valence electrons. The van der Waals surface area contributed by atoms with Crippen molar-refractivity contribution in [3.05, 3.63) is 52.6 Å². The molecular formula is C20H23ClFN3O3. The molecule has 0 bridgehead atoms. The molecule has 1 heterocycles. The van der Waals surface area contributed by atoms with Gasteiger partial charge in [0.25, 0.3) is 5.91 Å². The number of aryl methyl sites for hydroxylation is 2. The number of hydrogen-bond donors (Lipinski definition) is 1. The number of anilines is 1. The number of esters is 1. The molecule has 8 heteroatoms. The van der Waals surface area contributed by atoms with E-state index < -0.39 is 23.8 Å². The lowest BCUT2D eigenvalue weighted by molar-refractivity contribution is -0.148. The molecule has 0 saturated carbocycles. The number of hydrogen-bond acceptors (Lipinski definition) is 4. The van der Waals surface area contributed by atoms with E-state index in [9.17, 15) is 14.0 Å². The van der Waals surface area contributed by atoms with Gasteiger partial charge in [-0.3, -0.25) is 9.48 Å². The molecule has 28 heavy (non-hydrogen) atoms. The lowest BCUT2D eigenvalue weighted by Gasteiger charge is -2.12. The average molecular weight is 408 g/mol. The van der Waals surface area contributed by atoms with Crippen LogP contribution in [0.25, 0.3) is 6.08 Å². The Morgan fingerprint density at radius 1 is 1.36 bits per heavy atom. The van der Waals surface area contributed by atoms with E-state index in [1.165, 1.54) is 43.3 Å². The van der Waals surface area contributed by atoms with Gasteiger partial charge in [0.05, 0.1) is 5.69 Å². The average Bonchev–Trinajstić information content (AvgIpc) is 2.93. The summed E-state index contributed by atoms with van der Waals surface area (Å²) in [5.74, 6) is -1.61. The Hall–Kier alpha value is -2.67. The largest absolute Gasteiger partial charge is 0.449 e. The highest BCUT2D eigenvalue weighted by Gasteiger charge is 2.17. The molecule has 0 aliphatic rings. The number of carbonyl (C=O) groups excluding carboxylic acids is 2. The van der Waals surface area contributed by atoms with Crippen LogP contribution in [0.1, 0.15) is 37.9 Å². The SMILES string of the molecule is CCCCn1nc(C)c(/C=C/C(=O)O[C@H](C)C(=O)Nc2ccc(F)cc2)c1Cl. The Morgan fingerprint density at radius 2 is 2.04 bits per heavy atom. The maximum Gasteiger partial charge on any atom is 0.331 e. The third-order valence-electron chi connectivity index (χ3n) is 3.99. The fourth-order valence-electron chi connectivity index (χ4n) is 2.41. The molecule has 1 aromatic carbocycles. The van der Waals surface area contributed by atoms with Crippen molar-refractivity contribution in [1.82, 2.24) is 9.78 Å². The van der Waals surface area contributed by atoms with E-state index in [2.05, 4.69) is 17.3 Å². The van der Waals surface area contributed by atoms with Gasteiger partial charge >= 0.3 is 5.97 Å². The zero-order chi connectivity index (χ0) is 20.7. The number of benzene rings is 1. The topological polar surface area (TPSA) is 73.2 Å². The number of amides is 1. The Bertz CT molecular complexity index is 862. The lowest BCUT2D eigenvalue weighted by Crippen LogP contribution is -2.29. The minimum atomic E-state index is -1.02. The molecule has 2 rings (SSSR count). The fraction of sp³-hybridized carbons (Fsp3) is 0.350.